The van der Waals surface area contributed by atoms with E-state index in [4.69, 9.17) is 0 Å². The first-order valence-corrected chi connectivity index (χ1v) is 4.54. The summed E-state index contributed by atoms with van der Waals surface area (Å²) in [5.41, 5.74) is 0. The Hall–Kier alpha value is 0.0174. The van der Waals surface area contributed by atoms with Gasteiger partial charge in [-0.05, 0) is 0 Å². The smallest absolute Gasteiger partial charge is 0.748 e. The Labute approximate surface area is 96.9 Å². The van der Waals surface area contributed by atoms with Gasteiger partial charge in [-0.1, -0.05) is 0 Å². The molecule has 0 amide bonds. The van der Waals surface area contributed by atoms with Crippen molar-refractivity contribution in [2.24, 2.45) is 0 Å². The van der Waals surface area contributed by atoms with Crippen LogP contribution in [-0.4, -0.2) is 36.7 Å². The molecule has 0 rings (SSSR count). The van der Waals surface area contributed by atoms with Crippen molar-refractivity contribution in [1.82, 2.24) is 0 Å². The van der Waals surface area contributed by atoms with Gasteiger partial charge in [-0.2, -0.15) is 30.7 Å². The first kappa shape index (κ1) is 18.4. The summed E-state index contributed by atoms with van der Waals surface area (Å²) in [6.07, 6.45) is -6.64. The molecule has 3 nitrogen and oxygen atoms in total. The first-order chi connectivity index (χ1) is 6.21. The normalized spacial score (nSPS) is 14.5. The van der Waals surface area contributed by atoms with E-state index in [9.17, 15) is 43.7 Å². The van der Waals surface area contributed by atoms with Crippen LogP contribution < -0.4 is 18.9 Å². The Morgan fingerprint density at radius 2 is 1.25 bits per heavy atom. The summed E-state index contributed by atoms with van der Waals surface area (Å²) >= 11 is 0. The van der Waals surface area contributed by atoms with E-state index in [0.29, 0.717) is 0 Å². The second-order valence-electron chi connectivity index (χ2n) is 2.48. The summed E-state index contributed by atoms with van der Waals surface area (Å²) in [4.78, 5) is 0. The van der Waals surface area contributed by atoms with Gasteiger partial charge in [0.25, 0.3) is 0 Å². The summed E-state index contributed by atoms with van der Waals surface area (Å²) < 4.78 is 111. The summed E-state index contributed by atoms with van der Waals surface area (Å²) in [7, 11) is -5.91. The third-order valence-electron chi connectivity index (χ3n) is 1.17. The molecule has 0 radical (unpaired) electrons. The third kappa shape index (κ3) is 4.12. The van der Waals surface area contributed by atoms with E-state index >= 15 is 0 Å². The minimum atomic E-state index is -6.64. The van der Waals surface area contributed by atoms with Gasteiger partial charge in [0.05, 0.1) is 0 Å². The molecule has 12 heteroatoms. The number of alkyl halides is 7. The fraction of sp³-hybridized carbons (Fsp3) is 1.00. The van der Waals surface area contributed by atoms with Crippen molar-refractivity contribution in [2.75, 3.05) is 5.75 Å². The Morgan fingerprint density at radius 3 is 1.44 bits per heavy atom. The molecule has 0 aliphatic carbocycles. The first-order valence-electron chi connectivity index (χ1n) is 2.97. The molecule has 0 N–H and O–H groups in total. The average molecular weight is 270 g/mol. The van der Waals surface area contributed by atoms with Crippen LogP contribution in [0.5, 0.6) is 0 Å². The van der Waals surface area contributed by atoms with Gasteiger partial charge in [0, 0.05) is 0 Å². The molecule has 0 saturated carbocycles. The fourth-order valence-corrected chi connectivity index (χ4v) is 1.15. The van der Waals surface area contributed by atoms with Gasteiger partial charge in [0.15, 0.2) is 0 Å². The summed E-state index contributed by atoms with van der Waals surface area (Å²) in [5.74, 6) is -15.7. The molecule has 0 unspecified atom stereocenters. The van der Waals surface area contributed by atoms with Crippen molar-refractivity contribution in [1.29, 1.82) is 0 Å². The van der Waals surface area contributed by atoms with Crippen LogP contribution in [0, 0.1) is 0 Å². The van der Waals surface area contributed by atoms with Gasteiger partial charge < -0.3 is 4.55 Å². The molecule has 0 heterocycles. The molecule has 0 aliphatic heterocycles. The molecule has 0 atom stereocenters. The number of hydrogen-bond donors (Lipinski definition) is 0. The van der Waals surface area contributed by atoms with Gasteiger partial charge in [-0.15, -0.1) is 0 Å². The summed E-state index contributed by atoms with van der Waals surface area (Å²) in [5, 5.41) is 0. The van der Waals surface area contributed by atoms with E-state index < -0.39 is 33.9 Å². The molecule has 0 fully saturated rings. The van der Waals surface area contributed by atoms with Crippen LogP contribution in [0.3, 0.4) is 0 Å². The van der Waals surface area contributed by atoms with E-state index in [1.54, 1.807) is 0 Å². The average Bonchev–Trinajstić information content (AvgIpc) is 1.77. The van der Waals surface area contributed by atoms with Crippen molar-refractivity contribution in [3.05, 3.63) is 0 Å². The van der Waals surface area contributed by atoms with Gasteiger partial charge in [0.2, 0.25) is 0 Å². The minimum absolute atomic E-state index is 0. The molecule has 92 valence electrons. The monoisotopic (exact) mass is 270 g/mol. The number of rotatable bonds is 3. The fourth-order valence-electron chi connectivity index (χ4n) is 0.520. The Balaban J connectivity index is 0. The third-order valence-corrected chi connectivity index (χ3v) is 1.89. The summed E-state index contributed by atoms with van der Waals surface area (Å²) in [6.45, 7) is 0. The van der Waals surface area contributed by atoms with Crippen LogP contribution >= 0.6 is 0 Å². The van der Waals surface area contributed by atoms with E-state index in [2.05, 4.69) is 0 Å². The predicted molar refractivity (Wildman–Crippen MR) is 30.5 cm³/mol. The van der Waals surface area contributed by atoms with Crippen molar-refractivity contribution in [3.63, 3.8) is 0 Å². The van der Waals surface area contributed by atoms with Gasteiger partial charge >= 0.3 is 36.9 Å². The van der Waals surface area contributed by atoms with E-state index in [1.807, 2.05) is 0 Å². The molecular weight excluding hydrogens is 268 g/mol. The molecule has 0 bridgehead atoms. The molecule has 0 saturated heterocycles. The standard InChI is InChI=1S/C4H3F7O3S.Li/c5-2(6,1-15(12,13)14)3(7,8)4(9,10)11;/h1H2,(H,12,13,14);/q;+1/p-1. The van der Waals surface area contributed by atoms with Crippen LogP contribution in [0.2, 0.25) is 0 Å². The van der Waals surface area contributed by atoms with Crippen molar-refractivity contribution < 1.29 is 62.6 Å². The molecule has 0 spiro atoms. The van der Waals surface area contributed by atoms with Crippen molar-refractivity contribution in [3.8, 4) is 0 Å². The van der Waals surface area contributed by atoms with Gasteiger partial charge in [-0.25, -0.2) is 8.42 Å². The minimum Gasteiger partial charge on any atom is -0.748 e. The van der Waals surface area contributed by atoms with E-state index in [0.717, 1.165) is 0 Å². The van der Waals surface area contributed by atoms with Crippen LogP contribution in [0.15, 0.2) is 0 Å². The largest absolute Gasteiger partial charge is 1.00 e. The maximum absolute atomic E-state index is 12.1. The summed E-state index contributed by atoms with van der Waals surface area (Å²) in [6, 6.07) is 0. The molecule has 16 heavy (non-hydrogen) atoms. The van der Waals surface area contributed by atoms with Crippen LogP contribution in [0.25, 0.3) is 0 Å². The molecule has 0 aromatic carbocycles. The predicted octanol–water partition coefficient (Wildman–Crippen LogP) is -1.63. The van der Waals surface area contributed by atoms with Crippen molar-refractivity contribution in [2.45, 2.75) is 18.0 Å². The Morgan fingerprint density at radius 1 is 0.938 bits per heavy atom. The maximum Gasteiger partial charge on any atom is 1.00 e. The van der Waals surface area contributed by atoms with E-state index in [-0.39, 0.29) is 18.9 Å². The Kier molecular flexibility index (Phi) is 5.42. The zero-order valence-corrected chi connectivity index (χ0v) is 8.30. The second-order valence-corrected chi connectivity index (χ2v) is 3.88. The molecule has 0 aliphatic rings. The van der Waals surface area contributed by atoms with Gasteiger partial charge in [0.1, 0.15) is 15.9 Å². The Bertz CT molecular complexity index is 334. The zero-order valence-electron chi connectivity index (χ0n) is 7.49. The SMILES string of the molecule is O=S(=O)([O-])CC(F)(F)C(F)(F)C(F)(F)F.[Li+]. The molecular formula is C4H2F7LiO3S. The topological polar surface area (TPSA) is 57.2 Å². The quantitative estimate of drug-likeness (QED) is 0.351. The molecule has 0 aromatic heterocycles. The number of hydrogen-bond acceptors (Lipinski definition) is 3. The molecule has 0 aromatic rings. The van der Waals surface area contributed by atoms with Crippen LogP contribution in [-0.2, 0) is 10.1 Å². The number of halogens is 7. The van der Waals surface area contributed by atoms with Crippen LogP contribution in [0.4, 0.5) is 30.7 Å². The second kappa shape index (κ2) is 4.71. The van der Waals surface area contributed by atoms with E-state index in [1.165, 1.54) is 0 Å². The maximum atomic E-state index is 12.1. The zero-order chi connectivity index (χ0) is 12.7. The van der Waals surface area contributed by atoms with Crippen molar-refractivity contribution >= 4 is 10.1 Å². The van der Waals surface area contributed by atoms with Crippen LogP contribution in [0.1, 0.15) is 0 Å². The van der Waals surface area contributed by atoms with Gasteiger partial charge in [-0.3, -0.25) is 0 Å².